The normalized spacial score (nSPS) is 12.6. The van der Waals surface area contributed by atoms with Gasteiger partial charge in [0.2, 0.25) is 0 Å². The van der Waals surface area contributed by atoms with Crippen molar-refractivity contribution in [1.29, 1.82) is 0 Å². The van der Waals surface area contributed by atoms with Crippen LogP contribution in [0.3, 0.4) is 0 Å². The monoisotopic (exact) mass is 167 g/mol. The lowest BCUT2D eigenvalue weighted by molar-refractivity contribution is 0.208. The summed E-state index contributed by atoms with van der Waals surface area (Å²) in [7, 11) is 0. The fourth-order valence-electron chi connectivity index (χ4n) is 0.803. The van der Waals surface area contributed by atoms with Gasteiger partial charge in [-0.1, -0.05) is 0 Å². The molecule has 66 valence electrons. The summed E-state index contributed by atoms with van der Waals surface area (Å²) in [6.45, 7) is 4.13. The van der Waals surface area contributed by atoms with Gasteiger partial charge in [0.05, 0.1) is 6.10 Å². The molecular weight excluding hydrogens is 154 g/mol. The second-order valence-electron chi connectivity index (χ2n) is 2.77. The molecule has 0 aliphatic carbocycles. The SMILES string of the molecule is Cc1cc(NCC(C)O)ncn1. The molecule has 1 aromatic rings. The third-order valence-corrected chi connectivity index (χ3v) is 1.38. The molecule has 0 saturated heterocycles. The number of aromatic nitrogens is 2. The fourth-order valence-corrected chi connectivity index (χ4v) is 0.803. The maximum Gasteiger partial charge on any atom is 0.129 e. The molecule has 0 saturated carbocycles. The number of nitrogens with zero attached hydrogens (tertiary/aromatic N) is 2. The quantitative estimate of drug-likeness (QED) is 0.691. The van der Waals surface area contributed by atoms with Crippen LogP contribution in [0.25, 0.3) is 0 Å². The number of nitrogens with one attached hydrogen (secondary N) is 1. The van der Waals surface area contributed by atoms with Gasteiger partial charge in [0.1, 0.15) is 12.1 Å². The highest BCUT2D eigenvalue weighted by atomic mass is 16.3. The molecule has 12 heavy (non-hydrogen) atoms. The van der Waals surface area contributed by atoms with E-state index in [1.807, 2.05) is 13.0 Å². The molecule has 2 N–H and O–H groups in total. The third kappa shape index (κ3) is 2.84. The highest BCUT2D eigenvalue weighted by molar-refractivity contribution is 5.34. The van der Waals surface area contributed by atoms with Crippen LogP contribution in [0.5, 0.6) is 0 Å². The Morgan fingerprint density at radius 3 is 2.92 bits per heavy atom. The van der Waals surface area contributed by atoms with Gasteiger partial charge in [0, 0.05) is 18.3 Å². The Morgan fingerprint density at radius 1 is 1.58 bits per heavy atom. The van der Waals surface area contributed by atoms with Gasteiger partial charge in [-0.25, -0.2) is 9.97 Å². The molecule has 0 aromatic carbocycles. The van der Waals surface area contributed by atoms with Crippen molar-refractivity contribution in [2.75, 3.05) is 11.9 Å². The summed E-state index contributed by atoms with van der Waals surface area (Å²) in [6.07, 6.45) is 1.14. The summed E-state index contributed by atoms with van der Waals surface area (Å²) in [5.41, 5.74) is 0.915. The molecule has 4 heteroatoms. The summed E-state index contributed by atoms with van der Waals surface area (Å²) in [6, 6.07) is 1.84. The van der Waals surface area contributed by atoms with Crippen LogP contribution in [0.1, 0.15) is 12.6 Å². The molecule has 1 rings (SSSR count). The predicted octanol–water partition coefficient (Wildman–Crippen LogP) is 0.578. The third-order valence-electron chi connectivity index (χ3n) is 1.38. The minimum Gasteiger partial charge on any atom is -0.392 e. The summed E-state index contributed by atoms with van der Waals surface area (Å²) in [4.78, 5) is 7.93. The van der Waals surface area contributed by atoms with E-state index in [4.69, 9.17) is 5.11 Å². The second-order valence-corrected chi connectivity index (χ2v) is 2.77. The van der Waals surface area contributed by atoms with E-state index >= 15 is 0 Å². The van der Waals surface area contributed by atoms with Crippen molar-refractivity contribution in [2.45, 2.75) is 20.0 Å². The first-order valence-electron chi connectivity index (χ1n) is 3.89. The average Bonchev–Trinajstić information content (AvgIpc) is 2.01. The van der Waals surface area contributed by atoms with Gasteiger partial charge in [-0.2, -0.15) is 0 Å². The summed E-state index contributed by atoms with van der Waals surface area (Å²) in [5.74, 6) is 0.753. The molecule has 0 amide bonds. The maximum atomic E-state index is 8.98. The smallest absolute Gasteiger partial charge is 0.129 e. The molecule has 4 nitrogen and oxygen atoms in total. The summed E-state index contributed by atoms with van der Waals surface area (Å²) in [5, 5.41) is 12.0. The summed E-state index contributed by atoms with van der Waals surface area (Å²) < 4.78 is 0. The van der Waals surface area contributed by atoms with Crippen molar-refractivity contribution in [3.8, 4) is 0 Å². The van der Waals surface area contributed by atoms with Gasteiger partial charge in [-0.15, -0.1) is 0 Å². The molecule has 0 aliphatic heterocycles. The zero-order valence-electron chi connectivity index (χ0n) is 7.28. The van der Waals surface area contributed by atoms with E-state index in [-0.39, 0.29) is 6.10 Å². The fraction of sp³-hybridized carbons (Fsp3) is 0.500. The summed E-state index contributed by atoms with van der Waals surface area (Å²) >= 11 is 0. The van der Waals surface area contributed by atoms with Crippen molar-refractivity contribution in [1.82, 2.24) is 9.97 Å². The minimum absolute atomic E-state index is 0.361. The van der Waals surface area contributed by atoms with Crippen LogP contribution < -0.4 is 5.32 Å². The number of aryl methyl sites for hydroxylation is 1. The predicted molar refractivity (Wildman–Crippen MR) is 46.9 cm³/mol. The second kappa shape index (κ2) is 4.01. The van der Waals surface area contributed by atoms with Crippen LogP contribution in [-0.2, 0) is 0 Å². The van der Waals surface area contributed by atoms with E-state index in [2.05, 4.69) is 15.3 Å². The Balaban J connectivity index is 2.52. The maximum absolute atomic E-state index is 8.98. The van der Waals surface area contributed by atoms with Crippen LogP contribution in [0.4, 0.5) is 5.82 Å². The first kappa shape index (κ1) is 8.93. The Labute approximate surface area is 71.7 Å². The number of rotatable bonds is 3. The van der Waals surface area contributed by atoms with Gasteiger partial charge in [0.25, 0.3) is 0 Å². The molecular formula is C8H13N3O. The Hall–Kier alpha value is -1.16. The first-order chi connectivity index (χ1) is 5.68. The van der Waals surface area contributed by atoms with Crippen LogP contribution in [0.15, 0.2) is 12.4 Å². The first-order valence-corrected chi connectivity index (χ1v) is 3.89. The number of aliphatic hydroxyl groups is 1. The van der Waals surface area contributed by atoms with E-state index in [1.54, 1.807) is 6.92 Å². The molecule has 1 aromatic heterocycles. The number of anilines is 1. The van der Waals surface area contributed by atoms with Crippen LogP contribution in [-0.4, -0.2) is 27.7 Å². The van der Waals surface area contributed by atoms with Crippen molar-refractivity contribution in [3.05, 3.63) is 18.1 Å². The van der Waals surface area contributed by atoms with Crippen LogP contribution >= 0.6 is 0 Å². The molecule has 0 radical (unpaired) electrons. The Morgan fingerprint density at radius 2 is 2.33 bits per heavy atom. The van der Waals surface area contributed by atoms with E-state index < -0.39 is 0 Å². The van der Waals surface area contributed by atoms with Crippen LogP contribution in [0.2, 0.25) is 0 Å². The number of hydrogen-bond donors (Lipinski definition) is 2. The lowest BCUT2D eigenvalue weighted by atomic mass is 10.4. The Kier molecular flexibility index (Phi) is 2.99. The molecule has 0 aliphatic rings. The van der Waals surface area contributed by atoms with E-state index in [1.165, 1.54) is 6.33 Å². The van der Waals surface area contributed by atoms with Gasteiger partial charge in [-0.05, 0) is 13.8 Å². The zero-order valence-corrected chi connectivity index (χ0v) is 7.28. The van der Waals surface area contributed by atoms with Crippen molar-refractivity contribution >= 4 is 5.82 Å². The lowest BCUT2D eigenvalue weighted by Crippen LogP contribution is -2.16. The molecule has 1 unspecified atom stereocenters. The average molecular weight is 167 g/mol. The van der Waals surface area contributed by atoms with E-state index in [0.29, 0.717) is 6.54 Å². The molecule has 1 atom stereocenters. The molecule has 0 spiro atoms. The van der Waals surface area contributed by atoms with Gasteiger partial charge < -0.3 is 10.4 Å². The van der Waals surface area contributed by atoms with Crippen LogP contribution in [0, 0.1) is 6.92 Å². The van der Waals surface area contributed by atoms with E-state index in [9.17, 15) is 0 Å². The van der Waals surface area contributed by atoms with Gasteiger partial charge >= 0.3 is 0 Å². The van der Waals surface area contributed by atoms with Crippen molar-refractivity contribution in [2.24, 2.45) is 0 Å². The topological polar surface area (TPSA) is 58.0 Å². The molecule has 0 bridgehead atoms. The molecule has 1 heterocycles. The Bertz CT molecular complexity index is 250. The van der Waals surface area contributed by atoms with Crippen molar-refractivity contribution < 1.29 is 5.11 Å². The zero-order chi connectivity index (χ0) is 8.97. The lowest BCUT2D eigenvalue weighted by Gasteiger charge is -2.06. The number of hydrogen-bond acceptors (Lipinski definition) is 4. The van der Waals surface area contributed by atoms with Gasteiger partial charge in [-0.3, -0.25) is 0 Å². The largest absolute Gasteiger partial charge is 0.392 e. The van der Waals surface area contributed by atoms with Gasteiger partial charge in [0.15, 0.2) is 0 Å². The number of aliphatic hydroxyl groups excluding tert-OH is 1. The van der Waals surface area contributed by atoms with E-state index in [0.717, 1.165) is 11.5 Å². The minimum atomic E-state index is -0.361. The highest BCUT2D eigenvalue weighted by Crippen LogP contribution is 2.01. The van der Waals surface area contributed by atoms with Crippen molar-refractivity contribution in [3.63, 3.8) is 0 Å². The standard InChI is InChI=1S/C8H13N3O/c1-6-3-8(11-5-10-6)9-4-7(2)12/h3,5,7,12H,4H2,1-2H3,(H,9,10,11). The molecule has 0 fully saturated rings. The highest BCUT2D eigenvalue weighted by Gasteiger charge is 1.96.